The second-order valence-electron chi connectivity index (χ2n) is 12.7. The smallest absolute Gasteiger partial charge is 0.380 e. The zero-order valence-corrected chi connectivity index (χ0v) is 23.8. The van der Waals surface area contributed by atoms with Crippen molar-refractivity contribution in [3.63, 3.8) is 0 Å². The largest absolute Gasteiger partial charge is 0.423 e. The first-order valence-corrected chi connectivity index (χ1v) is 14.3. The van der Waals surface area contributed by atoms with Crippen molar-refractivity contribution in [3.05, 3.63) is 63.7 Å². The van der Waals surface area contributed by atoms with Crippen molar-refractivity contribution in [3.8, 4) is 0 Å². The van der Waals surface area contributed by atoms with Gasteiger partial charge in [0.25, 0.3) is 5.69 Å². The molecular formula is C31H42F3N5O3. The summed E-state index contributed by atoms with van der Waals surface area (Å²) in [6.45, 7) is 12.3. The summed E-state index contributed by atoms with van der Waals surface area (Å²) in [7, 11) is 0. The Balaban J connectivity index is 0.00000405. The molecule has 0 aromatic heterocycles. The van der Waals surface area contributed by atoms with Crippen LogP contribution in [0.4, 0.5) is 30.2 Å². The van der Waals surface area contributed by atoms with Gasteiger partial charge in [-0.15, -0.1) is 0 Å². The standard InChI is InChI=1S/C30H38F3N5O3.CH4/c1-29(2,3)22-4-7-25(8-5-22)37-17-20-15-35(16-21(20)18-37)12-11-28(39)36-13-10-24(19-36)34-23-6-9-27(38(40)41)26(14-23)30(31,32)33;/h4-9,14,20-21,24,34H,10-13,15-19H2,1-3H3;1H4/t20?,21?,24-;/m0./s1. The molecule has 3 fully saturated rings. The van der Waals surface area contributed by atoms with E-state index in [1.165, 1.54) is 17.3 Å². The van der Waals surface area contributed by atoms with Crippen molar-refractivity contribution in [1.29, 1.82) is 0 Å². The molecule has 2 aromatic carbocycles. The number of carbonyl (C=O) groups excluding carboxylic acids is 1. The maximum atomic E-state index is 13.3. The number of rotatable bonds is 7. The average molecular weight is 590 g/mol. The summed E-state index contributed by atoms with van der Waals surface area (Å²) in [6, 6.07) is 11.6. The molecule has 8 nitrogen and oxygen atoms in total. The van der Waals surface area contributed by atoms with Gasteiger partial charge in [0.2, 0.25) is 5.91 Å². The second-order valence-corrected chi connectivity index (χ2v) is 12.7. The van der Waals surface area contributed by atoms with E-state index in [0.29, 0.717) is 44.3 Å². The number of hydrogen-bond donors (Lipinski definition) is 1. The number of benzene rings is 2. The van der Waals surface area contributed by atoms with Crippen LogP contribution in [-0.4, -0.2) is 72.5 Å². The summed E-state index contributed by atoms with van der Waals surface area (Å²) in [5.74, 6) is 1.23. The molecule has 0 saturated carbocycles. The van der Waals surface area contributed by atoms with Crippen LogP contribution in [0, 0.1) is 22.0 Å². The minimum Gasteiger partial charge on any atom is -0.380 e. The summed E-state index contributed by atoms with van der Waals surface area (Å²) < 4.78 is 39.9. The highest BCUT2D eigenvalue weighted by molar-refractivity contribution is 5.77. The Kier molecular flexibility index (Phi) is 9.11. The molecule has 2 unspecified atom stereocenters. The van der Waals surface area contributed by atoms with Crippen LogP contribution in [0.25, 0.3) is 0 Å². The van der Waals surface area contributed by atoms with Crippen molar-refractivity contribution in [2.45, 2.75) is 58.7 Å². The number of nitro groups is 1. The van der Waals surface area contributed by atoms with Gasteiger partial charge in [0, 0.05) is 75.7 Å². The van der Waals surface area contributed by atoms with Crippen molar-refractivity contribution in [2.75, 3.05) is 56.0 Å². The Hall–Kier alpha value is -3.34. The number of nitro benzene ring substituents is 1. The van der Waals surface area contributed by atoms with Crippen molar-refractivity contribution >= 4 is 23.0 Å². The predicted molar refractivity (Wildman–Crippen MR) is 159 cm³/mol. The SMILES string of the molecule is C.CC(C)(C)c1ccc(N2CC3CN(CCC(=O)N4CC[C@H](Nc5ccc([N+](=O)[O-])c(C(F)(F)F)c5)C4)CC3C2)cc1. The van der Waals surface area contributed by atoms with E-state index in [-0.39, 0.29) is 30.5 Å². The fourth-order valence-electron chi connectivity index (χ4n) is 6.42. The van der Waals surface area contributed by atoms with E-state index in [9.17, 15) is 28.1 Å². The van der Waals surface area contributed by atoms with Crippen molar-refractivity contribution in [1.82, 2.24) is 9.80 Å². The van der Waals surface area contributed by atoms with Crippen LogP contribution in [0.5, 0.6) is 0 Å². The maximum Gasteiger partial charge on any atom is 0.423 e. The highest BCUT2D eigenvalue weighted by Gasteiger charge is 2.41. The molecule has 5 rings (SSSR count). The molecule has 3 atom stereocenters. The third-order valence-electron chi connectivity index (χ3n) is 8.71. The number of carbonyl (C=O) groups is 1. The van der Waals surface area contributed by atoms with Crippen molar-refractivity contribution < 1.29 is 22.9 Å². The first-order valence-electron chi connectivity index (χ1n) is 14.3. The minimum atomic E-state index is -4.83. The van der Waals surface area contributed by atoms with E-state index in [2.05, 4.69) is 60.2 Å². The van der Waals surface area contributed by atoms with Gasteiger partial charge < -0.3 is 20.0 Å². The Bertz CT molecular complexity index is 1260. The molecule has 0 radical (unpaired) electrons. The van der Waals surface area contributed by atoms with Crippen LogP contribution in [-0.2, 0) is 16.4 Å². The number of anilines is 2. The Morgan fingerprint density at radius 2 is 1.64 bits per heavy atom. The molecule has 3 aliphatic heterocycles. The van der Waals surface area contributed by atoms with Crippen LogP contribution < -0.4 is 10.2 Å². The average Bonchev–Trinajstić information content (AvgIpc) is 3.62. The minimum absolute atomic E-state index is 0. The molecule has 3 aliphatic rings. The third kappa shape index (κ3) is 6.99. The fourth-order valence-corrected chi connectivity index (χ4v) is 6.42. The summed E-state index contributed by atoms with van der Waals surface area (Å²) in [5, 5.41) is 14.0. The molecule has 3 heterocycles. The zero-order valence-electron chi connectivity index (χ0n) is 23.8. The van der Waals surface area contributed by atoms with Gasteiger partial charge in [-0.3, -0.25) is 14.9 Å². The van der Waals surface area contributed by atoms with Gasteiger partial charge in [0.05, 0.1) is 4.92 Å². The Labute approximate surface area is 246 Å². The van der Waals surface area contributed by atoms with Gasteiger partial charge in [-0.05, 0) is 53.5 Å². The van der Waals surface area contributed by atoms with E-state index < -0.39 is 22.4 Å². The number of amides is 1. The van der Waals surface area contributed by atoms with E-state index in [4.69, 9.17) is 0 Å². The van der Waals surface area contributed by atoms with Crippen LogP contribution >= 0.6 is 0 Å². The van der Waals surface area contributed by atoms with Gasteiger partial charge >= 0.3 is 6.18 Å². The molecule has 11 heteroatoms. The lowest BCUT2D eigenvalue weighted by atomic mass is 9.87. The molecular weight excluding hydrogens is 547 g/mol. The molecule has 2 aromatic rings. The van der Waals surface area contributed by atoms with Gasteiger partial charge in [-0.1, -0.05) is 40.3 Å². The molecule has 0 spiro atoms. The second kappa shape index (κ2) is 12.1. The fraction of sp³-hybridized carbons (Fsp3) is 0.581. The summed E-state index contributed by atoms with van der Waals surface area (Å²) in [4.78, 5) is 29.5. The monoisotopic (exact) mass is 589 g/mol. The highest BCUT2D eigenvalue weighted by Crippen LogP contribution is 2.38. The van der Waals surface area contributed by atoms with Gasteiger partial charge in [0.15, 0.2) is 0 Å². The highest BCUT2D eigenvalue weighted by atomic mass is 19.4. The Morgan fingerprint density at radius 3 is 2.21 bits per heavy atom. The number of halogens is 3. The number of hydrogen-bond acceptors (Lipinski definition) is 6. The van der Waals surface area contributed by atoms with Crippen LogP contribution in [0.2, 0.25) is 0 Å². The number of likely N-dealkylation sites (tertiary alicyclic amines) is 2. The predicted octanol–water partition coefficient (Wildman–Crippen LogP) is 6.02. The van der Waals surface area contributed by atoms with Crippen LogP contribution in [0.3, 0.4) is 0 Å². The zero-order chi connectivity index (χ0) is 29.5. The van der Waals surface area contributed by atoms with Crippen LogP contribution in [0.1, 0.15) is 52.2 Å². The lowest BCUT2D eigenvalue weighted by Gasteiger charge is -2.25. The van der Waals surface area contributed by atoms with E-state index in [1.54, 1.807) is 4.90 Å². The van der Waals surface area contributed by atoms with Gasteiger partial charge in [-0.25, -0.2) is 0 Å². The van der Waals surface area contributed by atoms with E-state index in [1.807, 2.05) is 0 Å². The molecule has 0 bridgehead atoms. The molecule has 1 N–H and O–H groups in total. The van der Waals surface area contributed by atoms with Crippen LogP contribution in [0.15, 0.2) is 42.5 Å². The number of nitrogens with zero attached hydrogens (tertiary/aromatic N) is 4. The molecule has 42 heavy (non-hydrogen) atoms. The Morgan fingerprint density at radius 1 is 1.00 bits per heavy atom. The van der Waals surface area contributed by atoms with Gasteiger partial charge in [0.1, 0.15) is 5.56 Å². The number of fused-ring (bicyclic) bond motifs is 1. The normalized spacial score (nSPS) is 22.7. The summed E-state index contributed by atoms with van der Waals surface area (Å²) in [5.41, 5.74) is 0.645. The van der Waals surface area contributed by atoms with E-state index in [0.717, 1.165) is 38.3 Å². The first kappa shape index (κ1) is 31.6. The third-order valence-corrected chi connectivity index (χ3v) is 8.71. The number of alkyl halides is 3. The summed E-state index contributed by atoms with van der Waals surface area (Å²) >= 11 is 0. The topological polar surface area (TPSA) is 82.0 Å². The molecule has 1 amide bonds. The molecule has 230 valence electrons. The quantitative estimate of drug-likeness (QED) is 0.314. The lowest BCUT2D eigenvalue weighted by molar-refractivity contribution is -0.388. The molecule has 3 saturated heterocycles. The number of nitrogens with one attached hydrogen (secondary N) is 1. The first-order chi connectivity index (χ1) is 19.3. The van der Waals surface area contributed by atoms with Gasteiger partial charge in [-0.2, -0.15) is 13.2 Å². The summed E-state index contributed by atoms with van der Waals surface area (Å²) in [6.07, 6.45) is -3.81. The van der Waals surface area contributed by atoms with E-state index >= 15 is 0 Å². The maximum absolute atomic E-state index is 13.3. The van der Waals surface area contributed by atoms with Crippen molar-refractivity contribution in [2.24, 2.45) is 11.8 Å². The lowest BCUT2D eigenvalue weighted by Crippen LogP contribution is -2.35. The molecule has 0 aliphatic carbocycles.